The van der Waals surface area contributed by atoms with E-state index >= 15 is 0 Å². The van der Waals surface area contributed by atoms with Crippen LogP contribution in [0.5, 0.6) is 0 Å². The lowest BCUT2D eigenvalue weighted by Gasteiger charge is -2.21. The highest BCUT2D eigenvalue weighted by Crippen LogP contribution is 2.38. The first-order valence-electron chi connectivity index (χ1n) is 14.0. The van der Waals surface area contributed by atoms with E-state index in [0.717, 1.165) is 22.3 Å². The Balaban J connectivity index is 0.000000247. The van der Waals surface area contributed by atoms with Crippen molar-refractivity contribution in [1.29, 1.82) is 0 Å². The van der Waals surface area contributed by atoms with Crippen LogP contribution in [0.1, 0.15) is 51.3 Å². The Bertz CT molecular complexity index is 1980. The average molecular weight is 704 g/mol. The molecule has 10 N–H and O–H groups in total. The lowest BCUT2D eigenvalue weighted by molar-refractivity contribution is -0.153. The van der Waals surface area contributed by atoms with Gasteiger partial charge in [-0.15, -0.1) is 0 Å². The molecular weight excluding hydrogens is 666 g/mol. The molecule has 260 valence electrons. The first-order chi connectivity index (χ1) is 21.3. The Morgan fingerprint density at radius 1 is 0.894 bits per heavy atom. The zero-order valence-electron chi connectivity index (χ0n) is 26.0. The molecule has 2 aliphatic heterocycles. The molecule has 2 aliphatic rings. The van der Waals surface area contributed by atoms with E-state index in [1.54, 1.807) is 13.8 Å². The van der Waals surface area contributed by atoms with E-state index in [0.29, 0.717) is 23.0 Å². The number of aryl methyl sites for hydroxylation is 2. The lowest BCUT2D eigenvalue weighted by atomic mass is 9.98. The maximum atomic E-state index is 12.5. The van der Waals surface area contributed by atoms with Crippen molar-refractivity contribution in [1.82, 2.24) is 35.2 Å². The van der Waals surface area contributed by atoms with E-state index in [1.807, 2.05) is 13.8 Å². The first-order valence-corrected chi connectivity index (χ1v) is 15.6. The van der Waals surface area contributed by atoms with E-state index in [-0.39, 0.29) is 54.8 Å². The summed E-state index contributed by atoms with van der Waals surface area (Å²) in [5, 5.41) is 28.9. The maximum absolute atomic E-state index is 12.5. The SMILES string of the molecule is CC[C@H]1OC(n2c(=O)sc3c(=O)[nH]c(C)nc32)[C@H](OC(C)=O)[C@@H]1C.Cc1nc2c(sc(=O)n2C2O[C@H](CO)[C@@H](O)[C@H]2O)c(=O)[nH]1.N.O. The molecule has 19 nitrogen and oxygen atoms in total. The summed E-state index contributed by atoms with van der Waals surface area (Å²) >= 11 is 1.49. The zero-order valence-corrected chi connectivity index (χ0v) is 27.6. The lowest BCUT2D eigenvalue weighted by Crippen LogP contribution is -2.34. The van der Waals surface area contributed by atoms with Crippen molar-refractivity contribution >= 4 is 49.3 Å². The predicted molar refractivity (Wildman–Crippen MR) is 169 cm³/mol. The van der Waals surface area contributed by atoms with Gasteiger partial charge in [0.2, 0.25) is 0 Å². The third-order valence-corrected chi connectivity index (χ3v) is 9.50. The van der Waals surface area contributed by atoms with E-state index in [2.05, 4.69) is 19.9 Å². The highest BCUT2D eigenvalue weighted by atomic mass is 32.1. The summed E-state index contributed by atoms with van der Waals surface area (Å²) in [6.07, 6.45) is -5.76. The third-order valence-electron chi connectivity index (χ3n) is 7.61. The van der Waals surface area contributed by atoms with Crippen molar-refractivity contribution in [2.45, 2.75) is 84.0 Å². The van der Waals surface area contributed by atoms with Crippen LogP contribution in [0, 0.1) is 19.8 Å². The number of rotatable bonds is 5. The van der Waals surface area contributed by atoms with E-state index in [9.17, 15) is 34.2 Å². The number of thiazole rings is 2. The number of hydrogen-bond donors (Lipinski definition) is 6. The van der Waals surface area contributed by atoms with E-state index in [1.165, 1.54) is 11.5 Å². The Hall–Kier alpha value is -3.67. The highest BCUT2D eigenvalue weighted by Gasteiger charge is 2.46. The van der Waals surface area contributed by atoms with Crippen LogP contribution in [0.3, 0.4) is 0 Å². The second-order valence-electron chi connectivity index (χ2n) is 10.7. The molecule has 2 saturated heterocycles. The zero-order chi connectivity index (χ0) is 32.9. The molecule has 0 aliphatic carbocycles. The summed E-state index contributed by atoms with van der Waals surface area (Å²) in [5.74, 6) is 0.201. The first kappa shape index (κ1) is 37.8. The van der Waals surface area contributed by atoms with Crippen molar-refractivity contribution in [2.75, 3.05) is 6.61 Å². The number of carbonyl (C=O) groups excluding carboxylic acids is 1. The molecular formula is C26H37N7O12S2. The second-order valence-corrected chi connectivity index (χ2v) is 12.6. The van der Waals surface area contributed by atoms with Gasteiger partial charge in [-0.3, -0.25) is 33.1 Å². The summed E-state index contributed by atoms with van der Waals surface area (Å²) in [6, 6.07) is 0. The number of aliphatic hydroxyl groups is 3. The number of carbonyl (C=O) groups is 1. The molecule has 4 aromatic heterocycles. The number of H-pyrrole nitrogens is 2. The van der Waals surface area contributed by atoms with Crippen LogP contribution in [0.2, 0.25) is 0 Å². The topological polar surface area (TPSA) is 307 Å². The molecule has 0 aromatic carbocycles. The Kier molecular flexibility index (Phi) is 11.8. The standard InChI is InChI=1S/C15H19N3O5S.C11H13N3O6S.H3N.H2O/c1-5-9-6(2)10(22-8(4)19)14(23-9)18-12-11(24-15(18)21)13(20)17-7(3)16-12;1-3-12-8-7(9(18)13-3)21-11(19)14(8)10-6(17)5(16)4(2-15)20-10;;/h6,9-10,14H,5H2,1-4H3,(H,16,17,20);4-6,10,15-17H,2H2,1H3,(H,12,13,18);1H3;1H2/t6-,9-,10-,14?;4-,5-,6-,10?;;/m11../s1. The van der Waals surface area contributed by atoms with Crippen molar-refractivity contribution in [3.8, 4) is 0 Å². The van der Waals surface area contributed by atoms with Crippen molar-refractivity contribution in [3.63, 3.8) is 0 Å². The van der Waals surface area contributed by atoms with E-state index in [4.69, 9.17) is 19.3 Å². The smallest absolute Gasteiger partial charge is 0.311 e. The number of hydrogen-bond acceptors (Lipinski definition) is 16. The Morgan fingerprint density at radius 3 is 1.79 bits per heavy atom. The van der Waals surface area contributed by atoms with Gasteiger partial charge in [0.25, 0.3) is 11.1 Å². The normalized spacial score (nSPS) is 26.8. The third kappa shape index (κ3) is 6.84. The van der Waals surface area contributed by atoms with Gasteiger partial charge in [-0.1, -0.05) is 36.5 Å². The number of nitrogens with one attached hydrogen (secondary N) is 2. The number of ether oxygens (including phenoxy) is 3. The molecule has 4 aromatic rings. The van der Waals surface area contributed by atoms with Crippen LogP contribution in [0.4, 0.5) is 0 Å². The van der Waals surface area contributed by atoms with Crippen molar-refractivity contribution in [3.05, 3.63) is 51.7 Å². The summed E-state index contributed by atoms with van der Waals surface area (Å²) in [4.78, 5) is 72.5. The number of fused-ring (bicyclic) bond motifs is 2. The fourth-order valence-electron chi connectivity index (χ4n) is 5.50. The Morgan fingerprint density at radius 2 is 1.36 bits per heavy atom. The fourth-order valence-corrected chi connectivity index (χ4v) is 7.19. The molecule has 0 amide bonds. The molecule has 6 rings (SSSR count). The number of aromatic amines is 2. The van der Waals surface area contributed by atoms with Gasteiger partial charge in [0.05, 0.1) is 12.7 Å². The fraction of sp³-hybridized carbons (Fsp3) is 0.577. The number of nitrogens with zero attached hydrogens (tertiary/aromatic N) is 4. The quantitative estimate of drug-likeness (QED) is 0.132. The molecule has 6 heterocycles. The van der Waals surface area contributed by atoms with E-state index < -0.39 is 59.9 Å². The van der Waals surface area contributed by atoms with Gasteiger partial charge < -0.3 is 51.1 Å². The molecule has 0 saturated carbocycles. The van der Waals surface area contributed by atoms with Crippen LogP contribution in [-0.2, 0) is 19.0 Å². The van der Waals surface area contributed by atoms with Gasteiger partial charge >= 0.3 is 15.7 Å². The Labute approximate surface area is 272 Å². The largest absolute Gasteiger partial charge is 0.457 e. The number of aliphatic hydroxyl groups excluding tert-OH is 3. The minimum atomic E-state index is -1.40. The number of esters is 1. The molecule has 21 heteroatoms. The van der Waals surface area contributed by atoms with Crippen LogP contribution < -0.4 is 27.0 Å². The molecule has 2 unspecified atom stereocenters. The van der Waals surface area contributed by atoms with Crippen LogP contribution in [0.25, 0.3) is 20.7 Å². The van der Waals surface area contributed by atoms with Gasteiger partial charge in [-0.05, 0) is 20.3 Å². The summed E-state index contributed by atoms with van der Waals surface area (Å²) in [6.45, 7) is 7.92. The average Bonchev–Trinajstić information content (AvgIpc) is 3.66. The van der Waals surface area contributed by atoms with Crippen LogP contribution in [-0.4, -0.2) is 93.0 Å². The van der Waals surface area contributed by atoms with Gasteiger partial charge in [-0.25, -0.2) is 9.97 Å². The summed E-state index contributed by atoms with van der Waals surface area (Å²) in [7, 11) is 0. The monoisotopic (exact) mass is 703 g/mol. The van der Waals surface area contributed by atoms with Gasteiger partial charge in [0, 0.05) is 12.8 Å². The van der Waals surface area contributed by atoms with Crippen LogP contribution in [0.15, 0.2) is 19.2 Å². The highest BCUT2D eigenvalue weighted by molar-refractivity contribution is 7.16. The summed E-state index contributed by atoms with van der Waals surface area (Å²) in [5.41, 5.74) is -0.469. The molecule has 0 radical (unpaired) electrons. The summed E-state index contributed by atoms with van der Waals surface area (Å²) < 4.78 is 19.5. The molecule has 47 heavy (non-hydrogen) atoms. The number of aromatic nitrogens is 6. The van der Waals surface area contributed by atoms with Crippen LogP contribution >= 0.6 is 22.7 Å². The minimum absolute atomic E-state index is 0. The van der Waals surface area contributed by atoms with Gasteiger partial charge in [-0.2, -0.15) is 0 Å². The maximum Gasteiger partial charge on any atom is 0.311 e. The molecule has 2 fully saturated rings. The second kappa shape index (κ2) is 14.6. The van der Waals surface area contributed by atoms with Crippen molar-refractivity contribution in [2.24, 2.45) is 5.92 Å². The molecule has 0 bridgehead atoms. The molecule has 8 atom stereocenters. The predicted octanol–water partition coefficient (Wildman–Crippen LogP) is -1.27. The van der Waals surface area contributed by atoms with Crippen molar-refractivity contribution < 1.29 is 39.8 Å². The molecule has 0 spiro atoms. The van der Waals surface area contributed by atoms with Gasteiger partial charge in [0.1, 0.15) is 39.4 Å². The van der Waals surface area contributed by atoms with Gasteiger partial charge in [0.15, 0.2) is 29.9 Å². The minimum Gasteiger partial charge on any atom is -0.457 e.